The number of aromatic hydroxyl groups is 2. The zero-order chi connectivity index (χ0) is 54.3. The van der Waals surface area contributed by atoms with Crippen LogP contribution >= 0.6 is 0 Å². The van der Waals surface area contributed by atoms with E-state index in [1.165, 1.54) is 12.1 Å². The fraction of sp³-hybridized carbons (Fsp3) is 0.0870. The minimum atomic E-state index is -5.75. The van der Waals surface area contributed by atoms with E-state index in [4.69, 9.17) is 15.9 Å². The number of nitro groups is 4. The number of phenols is 2. The quantitative estimate of drug-likeness (QED) is 0.0634. The molecule has 4 aliphatic heterocycles. The fourth-order valence-corrected chi connectivity index (χ4v) is 8.84. The number of hydrogen-bond donors (Lipinski definition) is 8. The Hall–Kier alpha value is -10.4. The van der Waals surface area contributed by atoms with Crippen molar-refractivity contribution in [2.45, 2.75) is 23.2 Å². The minimum absolute atomic E-state index is 0. The van der Waals surface area contributed by atoms with Gasteiger partial charge in [0.05, 0.1) is 31.8 Å². The van der Waals surface area contributed by atoms with E-state index in [2.05, 4.69) is 31.1 Å². The van der Waals surface area contributed by atoms with Gasteiger partial charge in [0, 0.05) is 45.8 Å². The van der Waals surface area contributed by atoms with Crippen LogP contribution in [0.4, 0.5) is 34.1 Å². The van der Waals surface area contributed by atoms with Crippen LogP contribution in [0.2, 0.25) is 0 Å². The Morgan fingerprint density at radius 2 is 0.797 bits per heavy atom. The Morgan fingerprint density at radius 1 is 0.494 bits per heavy atom. The van der Waals surface area contributed by atoms with Crippen molar-refractivity contribution in [3.8, 4) is 11.5 Å². The number of carbonyl (C=O) groups excluding carboxylic acids is 2. The molecule has 20 N–H and O–H groups in total. The summed E-state index contributed by atoms with van der Waals surface area (Å²) >= 11 is -5.75. The number of phenolic OH excluding ortho intramolecular Hbond substituents is 2. The van der Waals surface area contributed by atoms with E-state index >= 15 is 0 Å². The third kappa shape index (κ3) is 10.9. The second-order valence-corrected chi connectivity index (χ2v) is 17.4. The van der Waals surface area contributed by atoms with Gasteiger partial charge in [0.1, 0.15) is 23.2 Å². The molecule has 0 spiro atoms. The molecule has 4 heterocycles. The zero-order valence-corrected chi connectivity index (χ0v) is 42.5. The number of rotatable bonds is 10. The van der Waals surface area contributed by atoms with Crippen LogP contribution in [0.5, 0.6) is 11.5 Å². The second kappa shape index (κ2) is 23.3. The van der Waals surface area contributed by atoms with Crippen LogP contribution in [0.3, 0.4) is 0 Å². The monoisotopic (exact) mass is 1130 g/mol. The number of amides is 2. The second-order valence-electron chi connectivity index (χ2n) is 16.1. The van der Waals surface area contributed by atoms with Gasteiger partial charge < -0.3 is 55.7 Å². The summed E-state index contributed by atoms with van der Waals surface area (Å²) in [7, 11) is 0. The van der Waals surface area contributed by atoms with Gasteiger partial charge in [-0.05, 0) is 46.5 Å². The van der Waals surface area contributed by atoms with Gasteiger partial charge in [-0.25, -0.2) is 0 Å². The summed E-state index contributed by atoms with van der Waals surface area (Å²) < 4.78 is 34.4. The number of anilines is 2. The first-order chi connectivity index (χ1) is 35.5. The number of azo groups is 2. The molecule has 6 aliphatic rings. The van der Waals surface area contributed by atoms with E-state index in [0.29, 0.717) is 34.6 Å². The summed E-state index contributed by atoms with van der Waals surface area (Å²) in [5.74, 6) is -5.30. The molecule has 4 atom stereocenters. The van der Waals surface area contributed by atoms with Gasteiger partial charge in [-0.1, -0.05) is 96.4 Å². The van der Waals surface area contributed by atoms with Crippen LogP contribution in [0.15, 0.2) is 177 Å². The number of hydrogen-bond acceptors (Lipinski definition) is 22. The Kier molecular flexibility index (Phi) is 18.0. The summed E-state index contributed by atoms with van der Waals surface area (Å²) in [6, 6.07) is 30.1. The van der Waals surface area contributed by atoms with E-state index in [-0.39, 0.29) is 46.9 Å². The number of para-hydroxylation sites is 2. The van der Waals surface area contributed by atoms with E-state index in [0.717, 1.165) is 12.1 Å². The number of quaternary nitrogens is 4. The van der Waals surface area contributed by atoms with Gasteiger partial charge in [0.15, 0.2) is 0 Å². The zero-order valence-electron chi connectivity index (χ0n) is 41.3. The molecule has 4 unspecified atom stereocenters. The predicted molar refractivity (Wildman–Crippen MR) is 262 cm³/mol. The number of carbonyl (C=O) groups is 2. The number of nitrogens with zero attached hydrogens (tertiary/aromatic N) is 8. The molecular weight excluding hydrogens is 1090 g/mol. The van der Waals surface area contributed by atoms with Crippen molar-refractivity contribution in [3.63, 3.8) is 0 Å². The van der Waals surface area contributed by atoms with E-state index in [9.17, 15) is 70.5 Å². The molecule has 0 saturated heterocycles. The first-order valence-corrected chi connectivity index (χ1v) is 23.2. The van der Waals surface area contributed by atoms with Crippen molar-refractivity contribution in [2.75, 3.05) is 10.6 Å². The topological polar surface area (TPSA) is 593 Å². The molecule has 32 nitrogen and oxygen atoms in total. The first kappa shape index (κ1) is 61.2. The summed E-state index contributed by atoms with van der Waals surface area (Å²) in [4.78, 5) is 68.8. The van der Waals surface area contributed by atoms with Crippen LogP contribution in [-0.2, 0) is 41.9 Å². The van der Waals surface area contributed by atoms with Crippen LogP contribution < -0.4 is 53.8 Å². The van der Waals surface area contributed by atoms with Crippen molar-refractivity contribution in [1.82, 2.24) is 24.6 Å². The Morgan fingerprint density at radius 3 is 1.10 bits per heavy atom. The average Bonchev–Trinajstić information content (AvgIpc) is 3.46. The maximum absolute atomic E-state index is 13.9. The molecular formula is C46H44CrN14O18. The summed E-state index contributed by atoms with van der Waals surface area (Å²) in [5, 5.41) is 117. The van der Waals surface area contributed by atoms with Crippen molar-refractivity contribution < 1.29 is 79.2 Å². The molecule has 0 aromatic heterocycles. The van der Waals surface area contributed by atoms with E-state index < -0.39 is 125 Å². The standard InChI is InChI=1S/2C23H15N5O7.Cr.4H3N.4O/c2*29-20-16(10-13(27(32)33)11-17(20)28(34)35)23-15-9-5-4-8-14(15)19(25-26-23)18(21(23)30)22(31)24-12-6-2-1-3-7-12;;;;;;;;;/h2*1-11,19,29-30H,(H,24,31);;4*1H3;;;;/q;;;;;;;;;2*-1/p+2. The molecule has 412 valence electrons. The molecule has 2 aliphatic carbocycles. The summed E-state index contributed by atoms with van der Waals surface area (Å²) in [6.07, 6.45) is 0. The summed E-state index contributed by atoms with van der Waals surface area (Å²) in [6.45, 7) is 0. The maximum atomic E-state index is 13.9. The van der Waals surface area contributed by atoms with Crippen LogP contribution in [-0.4, -0.2) is 41.7 Å². The molecule has 2 amide bonds. The van der Waals surface area contributed by atoms with Crippen LogP contribution in [0.1, 0.15) is 45.5 Å². The normalized spacial score (nSPS) is 18.3. The molecule has 4 bridgehead atoms. The molecule has 6 aromatic rings. The molecule has 0 saturated carbocycles. The summed E-state index contributed by atoms with van der Waals surface area (Å²) in [5.41, 5.74) is -7.45. The Labute approximate surface area is 444 Å². The van der Waals surface area contributed by atoms with Gasteiger partial charge >= 0.3 is 40.9 Å². The van der Waals surface area contributed by atoms with Crippen molar-refractivity contribution >= 4 is 45.9 Å². The average molecular weight is 1130 g/mol. The molecule has 33 heteroatoms. The van der Waals surface area contributed by atoms with Gasteiger partial charge in [-0.3, -0.25) is 50.0 Å². The predicted octanol–water partition coefficient (Wildman–Crippen LogP) is 5.34. The van der Waals surface area contributed by atoms with Crippen molar-refractivity contribution in [3.05, 3.63) is 230 Å². The van der Waals surface area contributed by atoms with Gasteiger partial charge in [0.25, 0.3) is 23.2 Å². The Bertz CT molecular complexity index is 3470. The molecule has 0 fully saturated rings. The fourth-order valence-electron chi connectivity index (χ4n) is 8.84. The number of benzene rings is 6. The number of nitro benzene ring substituents is 4. The van der Waals surface area contributed by atoms with Gasteiger partial charge in [-0.15, -0.1) is 0 Å². The molecule has 6 aromatic carbocycles. The van der Waals surface area contributed by atoms with Crippen molar-refractivity contribution in [1.29, 1.82) is 0 Å². The van der Waals surface area contributed by atoms with Crippen LogP contribution in [0.25, 0.3) is 0 Å². The van der Waals surface area contributed by atoms with Crippen LogP contribution in [0, 0.1) is 40.5 Å². The molecule has 79 heavy (non-hydrogen) atoms. The van der Waals surface area contributed by atoms with Crippen molar-refractivity contribution in [2.24, 2.45) is 20.5 Å². The van der Waals surface area contributed by atoms with Gasteiger partial charge in [-0.2, -0.15) is 20.5 Å². The molecule has 12 rings (SSSR count). The Balaban J connectivity index is 0.000000300. The van der Waals surface area contributed by atoms with E-state index in [1.54, 1.807) is 97.1 Å². The third-order valence-electron chi connectivity index (χ3n) is 11.9. The first-order valence-electron chi connectivity index (χ1n) is 21.1. The number of nitrogens with one attached hydrogen (secondary N) is 2. The third-order valence-corrected chi connectivity index (χ3v) is 11.9. The molecule has 0 radical (unpaired) electrons. The SMILES string of the molecule is O=C(Nc1ccccc1)C1=C([O-])C2(c3cc([N+](=O)[O-])cc([N+](=O)[O-])c3O)N=NC1c1ccccc12.O=C(Nc1ccccc1)C1=C([O-])C2(c3cc([N+](=O)[O-])cc([N+](=O)[O-])c3O)N=NC1c1ccccc12.[NH4+].[NH4+].[NH4+].[NH4+].[O]=[Cr](=[O])([O-])[O-]. The number of non-ortho nitro benzene ring substituents is 2. The van der Waals surface area contributed by atoms with Gasteiger partial charge in [0.2, 0.25) is 11.5 Å². The van der Waals surface area contributed by atoms with E-state index in [1.807, 2.05) is 0 Å².